The molecule has 0 aromatic carbocycles. The van der Waals surface area contributed by atoms with E-state index in [1.165, 1.54) is 0 Å². The van der Waals surface area contributed by atoms with Gasteiger partial charge >= 0.3 is 5.97 Å². The van der Waals surface area contributed by atoms with Crippen molar-refractivity contribution in [2.45, 2.75) is 12.5 Å². The zero-order valence-corrected chi connectivity index (χ0v) is 5.14. The van der Waals surface area contributed by atoms with Gasteiger partial charge in [-0.15, -0.1) is 0 Å². The minimum atomic E-state index is -1.45. The van der Waals surface area contributed by atoms with Crippen molar-refractivity contribution >= 4 is 5.97 Å². The van der Waals surface area contributed by atoms with Crippen LogP contribution in [0, 0.1) is 0 Å². The molecule has 1 atom stereocenters. The van der Waals surface area contributed by atoms with Crippen LogP contribution < -0.4 is 0 Å². The smallest absolute Gasteiger partial charge is 0.326 e. The van der Waals surface area contributed by atoms with Crippen LogP contribution in [0.2, 0.25) is 0 Å². The first-order valence-corrected chi connectivity index (χ1v) is 2.60. The van der Waals surface area contributed by atoms with Gasteiger partial charge in [0.15, 0.2) is 6.04 Å². The van der Waals surface area contributed by atoms with E-state index in [1.54, 1.807) is 0 Å². The molecule has 10 heavy (non-hydrogen) atoms. The minimum absolute atomic E-state index is 0.220. The van der Waals surface area contributed by atoms with Crippen LogP contribution >= 0.6 is 0 Å². The number of carboxylic acids is 1. The Morgan fingerprint density at radius 1 is 1.50 bits per heavy atom. The van der Waals surface area contributed by atoms with E-state index < -0.39 is 23.8 Å². The molecule has 0 aliphatic heterocycles. The summed E-state index contributed by atoms with van der Waals surface area (Å²) in [6.45, 7) is -0.408. The molecular weight excluding hydrogens is 142 g/mol. The molecule has 0 aromatic rings. The summed E-state index contributed by atoms with van der Waals surface area (Å²) in [7, 11) is 0. The van der Waals surface area contributed by atoms with Crippen molar-refractivity contribution in [2.75, 3.05) is 6.61 Å². The molecule has 4 N–H and O–H groups in total. The number of aliphatic hydroxyl groups is 1. The standard InChI is InChI=1S/C4H9NO5/c6-2-1-3(4(7)8)5(9)10/h3,6,9-10H,1-2H2,(H,7,8)/t3-/m1/s1. The molecule has 0 amide bonds. The number of aliphatic carboxylic acids is 1. The lowest BCUT2D eigenvalue weighted by Crippen LogP contribution is -2.37. The zero-order valence-electron chi connectivity index (χ0n) is 5.14. The minimum Gasteiger partial charge on any atom is -0.480 e. The highest BCUT2D eigenvalue weighted by Crippen LogP contribution is 1.97. The molecule has 0 saturated heterocycles. The molecule has 6 nitrogen and oxygen atoms in total. The summed E-state index contributed by atoms with van der Waals surface area (Å²) in [5.74, 6) is -1.39. The summed E-state index contributed by atoms with van der Waals surface area (Å²) in [6.07, 6.45) is -0.220. The summed E-state index contributed by atoms with van der Waals surface area (Å²) in [5.41, 5.74) is 0. The molecule has 0 aliphatic carbocycles. The monoisotopic (exact) mass is 151 g/mol. The number of hydrogen-bond acceptors (Lipinski definition) is 5. The molecule has 0 spiro atoms. The van der Waals surface area contributed by atoms with Crippen LogP contribution in [-0.2, 0) is 4.79 Å². The summed E-state index contributed by atoms with van der Waals surface area (Å²) in [6, 6.07) is -1.45. The van der Waals surface area contributed by atoms with Gasteiger partial charge in [0.1, 0.15) is 0 Å². The van der Waals surface area contributed by atoms with Crippen LogP contribution in [0.25, 0.3) is 0 Å². The van der Waals surface area contributed by atoms with Crippen LogP contribution in [0.4, 0.5) is 0 Å². The number of carbonyl (C=O) groups is 1. The molecule has 0 aliphatic rings. The van der Waals surface area contributed by atoms with Gasteiger partial charge in [-0.1, -0.05) is 5.23 Å². The molecule has 0 heterocycles. The van der Waals surface area contributed by atoms with Gasteiger partial charge < -0.3 is 10.2 Å². The van der Waals surface area contributed by atoms with E-state index in [0.29, 0.717) is 0 Å². The third kappa shape index (κ3) is 2.74. The molecular formula is C4H9NO5. The summed E-state index contributed by atoms with van der Waals surface area (Å²) >= 11 is 0. The van der Waals surface area contributed by atoms with Crippen LogP contribution in [0.15, 0.2) is 0 Å². The lowest BCUT2D eigenvalue weighted by atomic mass is 10.2. The largest absolute Gasteiger partial charge is 0.480 e. The maximum Gasteiger partial charge on any atom is 0.326 e. The second-order valence-electron chi connectivity index (χ2n) is 1.69. The normalized spacial score (nSPS) is 13.6. The second-order valence-corrected chi connectivity index (χ2v) is 1.69. The maximum atomic E-state index is 10.1. The number of aliphatic hydroxyl groups excluding tert-OH is 1. The molecule has 0 bridgehead atoms. The highest BCUT2D eigenvalue weighted by molar-refractivity contribution is 5.72. The first kappa shape index (κ1) is 9.31. The molecule has 60 valence electrons. The fourth-order valence-electron chi connectivity index (χ4n) is 0.460. The van der Waals surface area contributed by atoms with Crippen molar-refractivity contribution in [2.24, 2.45) is 0 Å². The average Bonchev–Trinajstić information content (AvgIpc) is 1.81. The predicted molar refractivity (Wildman–Crippen MR) is 28.5 cm³/mol. The Balaban J connectivity index is 3.85. The van der Waals surface area contributed by atoms with Gasteiger partial charge in [0.25, 0.3) is 0 Å². The van der Waals surface area contributed by atoms with Gasteiger partial charge in [0, 0.05) is 13.0 Å². The molecule has 0 radical (unpaired) electrons. The van der Waals surface area contributed by atoms with Gasteiger partial charge in [0.2, 0.25) is 0 Å². The van der Waals surface area contributed by atoms with Gasteiger partial charge in [-0.3, -0.25) is 15.2 Å². The van der Waals surface area contributed by atoms with E-state index in [1.807, 2.05) is 0 Å². The van der Waals surface area contributed by atoms with Crippen molar-refractivity contribution < 1.29 is 25.4 Å². The number of hydrogen-bond donors (Lipinski definition) is 4. The first-order valence-electron chi connectivity index (χ1n) is 2.60. The van der Waals surface area contributed by atoms with Crippen LogP contribution in [0.5, 0.6) is 0 Å². The highest BCUT2D eigenvalue weighted by atomic mass is 16.8. The third-order valence-corrected chi connectivity index (χ3v) is 0.966. The van der Waals surface area contributed by atoms with Gasteiger partial charge in [-0.05, 0) is 0 Å². The Labute approximate surface area is 56.8 Å². The van der Waals surface area contributed by atoms with E-state index in [2.05, 4.69) is 0 Å². The number of rotatable bonds is 4. The predicted octanol–water partition coefficient (Wildman–Crippen LogP) is -1.10. The Morgan fingerprint density at radius 2 is 2.00 bits per heavy atom. The SMILES string of the molecule is O=C(O)[C@@H](CCO)N(O)O. The lowest BCUT2D eigenvalue weighted by Gasteiger charge is -2.13. The van der Waals surface area contributed by atoms with E-state index >= 15 is 0 Å². The molecule has 0 unspecified atom stereocenters. The van der Waals surface area contributed by atoms with Crippen LogP contribution in [0.1, 0.15) is 6.42 Å². The lowest BCUT2D eigenvalue weighted by molar-refractivity contribution is -0.328. The highest BCUT2D eigenvalue weighted by Gasteiger charge is 2.22. The van der Waals surface area contributed by atoms with Crippen LogP contribution in [0.3, 0.4) is 0 Å². The van der Waals surface area contributed by atoms with Crippen molar-refractivity contribution in [3.05, 3.63) is 0 Å². The average molecular weight is 151 g/mol. The molecule has 0 rings (SSSR count). The number of hydroxylamine groups is 2. The van der Waals surface area contributed by atoms with E-state index in [9.17, 15) is 4.79 Å². The van der Waals surface area contributed by atoms with E-state index in [4.69, 9.17) is 20.6 Å². The maximum absolute atomic E-state index is 10.1. The second kappa shape index (κ2) is 4.18. The van der Waals surface area contributed by atoms with Gasteiger partial charge in [-0.2, -0.15) is 0 Å². The molecule has 0 aromatic heterocycles. The van der Waals surface area contributed by atoms with Crippen LogP contribution in [-0.4, -0.2) is 44.5 Å². The van der Waals surface area contributed by atoms with Crippen molar-refractivity contribution in [3.8, 4) is 0 Å². The number of carboxylic acid groups (broad SMARTS) is 1. The summed E-state index contributed by atoms with van der Waals surface area (Å²) < 4.78 is 0. The van der Waals surface area contributed by atoms with Gasteiger partial charge in [-0.25, -0.2) is 0 Å². The fourth-order valence-corrected chi connectivity index (χ4v) is 0.460. The Kier molecular flexibility index (Phi) is 3.89. The summed E-state index contributed by atoms with van der Waals surface area (Å²) in [5, 5.41) is 32.4. The summed E-state index contributed by atoms with van der Waals surface area (Å²) in [4.78, 5) is 10.1. The molecule has 0 saturated carbocycles. The van der Waals surface area contributed by atoms with Crippen molar-refractivity contribution in [1.29, 1.82) is 0 Å². The zero-order chi connectivity index (χ0) is 8.15. The fraction of sp³-hybridized carbons (Fsp3) is 0.750. The molecule has 6 heteroatoms. The quantitative estimate of drug-likeness (QED) is 0.380. The molecule has 0 fully saturated rings. The van der Waals surface area contributed by atoms with Gasteiger partial charge in [0.05, 0.1) is 0 Å². The van der Waals surface area contributed by atoms with E-state index in [0.717, 1.165) is 0 Å². The van der Waals surface area contributed by atoms with E-state index in [-0.39, 0.29) is 6.42 Å². The Hall–Kier alpha value is -0.690. The third-order valence-electron chi connectivity index (χ3n) is 0.966. The Morgan fingerprint density at radius 3 is 2.10 bits per heavy atom. The Bertz CT molecular complexity index is 114. The number of nitrogens with zero attached hydrogens (tertiary/aromatic N) is 1. The topological polar surface area (TPSA) is 101 Å². The first-order chi connectivity index (χ1) is 4.59. The van der Waals surface area contributed by atoms with Crippen molar-refractivity contribution in [1.82, 2.24) is 5.23 Å². The van der Waals surface area contributed by atoms with Crippen molar-refractivity contribution in [3.63, 3.8) is 0 Å².